The Bertz CT molecular complexity index is 1010. The highest BCUT2D eigenvalue weighted by atomic mass is 16.2. The van der Waals surface area contributed by atoms with Gasteiger partial charge in [-0.2, -0.15) is 0 Å². The topological polar surface area (TPSA) is 78.5 Å². The second kappa shape index (κ2) is 8.33. The molecule has 0 radical (unpaired) electrons. The van der Waals surface area contributed by atoms with Crippen LogP contribution >= 0.6 is 0 Å². The van der Waals surface area contributed by atoms with E-state index in [1.807, 2.05) is 42.5 Å². The number of hydrogen-bond donors (Lipinski definition) is 2. The lowest BCUT2D eigenvalue weighted by molar-refractivity contribution is -0.147. The number of carbonyl (C=O) groups excluding carboxylic acids is 3. The predicted molar refractivity (Wildman–Crippen MR) is 118 cm³/mol. The van der Waals surface area contributed by atoms with Crippen molar-refractivity contribution >= 4 is 28.5 Å². The van der Waals surface area contributed by atoms with Gasteiger partial charge in [0, 0.05) is 18.2 Å². The minimum absolute atomic E-state index is 0.0117. The van der Waals surface area contributed by atoms with E-state index in [0.717, 1.165) is 30.0 Å². The number of fused-ring (bicyclic) bond motifs is 2. The molecule has 2 aliphatic heterocycles. The predicted octanol–water partition coefficient (Wildman–Crippen LogP) is 3.01. The minimum atomic E-state index is -0.475. The molecular weight excluding hydrogens is 390 g/mol. The lowest BCUT2D eigenvalue weighted by Gasteiger charge is -2.36. The van der Waals surface area contributed by atoms with Gasteiger partial charge in [0.15, 0.2) is 0 Å². The van der Waals surface area contributed by atoms with Gasteiger partial charge in [-0.25, -0.2) is 0 Å². The molecule has 0 aromatic heterocycles. The van der Waals surface area contributed by atoms with Gasteiger partial charge < -0.3 is 15.5 Å². The molecule has 0 bridgehead atoms. The van der Waals surface area contributed by atoms with E-state index in [0.29, 0.717) is 24.4 Å². The monoisotopic (exact) mass is 419 g/mol. The summed E-state index contributed by atoms with van der Waals surface area (Å²) < 4.78 is 0. The molecule has 1 aliphatic carbocycles. The number of hydrogen-bond acceptors (Lipinski definition) is 3. The summed E-state index contributed by atoms with van der Waals surface area (Å²) >= 11 is 0. The van der Waals surface area contributed by atoms with Crippen LogP contribution in [0.3, 0.4) is 0 Å². The highest BCUT2D eigenvalue weighted by Gasteiger charge is 2.47. The van der Waals surface area contributed by atoms with Crippen molar-refractivity contribution in [3.8, 4) is 0 Å². The summed E-state index contributed by atoms with van der Waals surface area (Å²) in [6, 6.07) is 12.5. The third kappa shape index (κ3) is 4.03. The lowest BCUT2D eigenvalue weighted by Crippen LogP contribution is -2.61. The smallest absolute Gasteiger partial charge is 0.251 e. The second-order valence-electron chi connectivity index (χ2n) is 9.28. The quantitative estimate of drug-likeness (QED) is 0.800. The Kier molecular flexibility index (Phi) is 5.38. The van der Waals surface area contributed by atoms with Crippen LogP contribution in [0.4, 0.5) is 0 Å². The fourth-order valence-electron chi connectivity index (χ4n) is 5.48. The number of carbonyl (C=O) groups is 3. The van der Waals surface area contributed by atoms with E-state index in [1.165, 1.54) is 19.3 Å². The summed E-state index contributed by atoms with van der Waals surface area (Å²) in [5.41, 5.74) is 0.592. The van der Waals surface area contributed by atoms with E-state index < -0.39 is 12.1 Å². The van der Waals surface area contributed by atoms with Gasteiger partial charge in [0.1, 0.15) is 12.1 Å². The van der Waals surface area contributed by atoms with E-state index >= 15 is 0 Å². The molecule has 3 amide bonds. The van der Waals surface area contributed by atoms with Crippen molar-refractivity contribution in [2.24, 2.45) is 5.92 Å². The van der Waals surface area contributed by atoms with Gasteiger partial charge >= 0.3 is 0 Å². The number of nitrogens with one attached hydrogen (secondary N) is 2. The van der Waals surface area contributed by atoms with Gasteiger partial charge in [-0.15, -0.1) is 0 Å². The van der Waals surface area contributed by atoms with Gasteiger partial charge in [0.05, 0.1) is 0 Å². The highest BCUT2D eigenvalue weighted by molar-refractivity contribution is 6.00. The Balaban J connectivity index is 1.24. The molecule has 6 nitrogen and oxygen atoms in total. The van der Waals surface area contributed by atoms with E-state index in [9.17, 15) is 14.4 Å². The first-order valence-electron chi connectivity index (χ1n) is 11.5. The molecule has 5 rings (SSSR count). The first-order valence-corrected chi connectivity index (χ1v) is 11.5. The molecule has 3 atom stereocenters. The van der Waals surface area contributed by atoms with Crippen LogP contribution in [0.5, 0.6) is 0 Å². The number of benzene rings is 2. The number of rotatable bonds is 4. The molecule has 6 heteroatoms. The van der Waals surface area contributed by atoms with E-state index in [2.05, 4.69) is 10.6 Å². The summed E-state index contributed by atoms with van der Waals surface area (Å²) in [7, 11) is 0. The van der Waals surface area contributed by atoms with Crippen molar-refractivity contribution in [3.05, 3.63) is 48.0 Å². The molecule has 1 saturated carbocycles. The molecular formula is C25H29N3O3. The van der Waals surface area contributed by atoms with Gasteiger partial charge in [0.2, 0.25) is 11.8 Å². The maximum absolute atomic E-state index is 13.1. The molecule has 2 N–H and O–H groups in total. The van der Waals surface area contributed by atoms with Crippen LogP contribution in [0.2, 0.25) is 0 Å². The minimum Gasteiger partial charge on any atom is -0.347 e. The van der Waals surface area contributed by atoms with E-state index in [-0.39, 0.29) is 23.8 Å². The number of nitrogens with zero attached hydrogens (tertiary/aromatic N) is 1. The Hall–Kier alpha value is -2.89. The van der Waals surface area contributed by atoms with Crippen molar-refractivity contribution in [3.63, 3.8) is 0 Å². The van der Waals surface area contributed by atoms with Crippen LogP contribution in [-0.2, 0) is 9.59 Å². The number of amides is 3. The summed E-state index contributed by atoms with van der Waals surface area (Å²) in [5, 5.41) is 8.11. The lowest BCUT2D eigenvalue weighted by atomic mass is 9.84. The molecule has 2 heterocycles. The van der Waals surface area contributed by atoms with Gasteiger partial charge in [-0.05, 0) is 41.7 Å². The third-order valence-electron chi connectivity index (χ3n) is 7.14. The zero-order valence-electron chi connectivity index (χ0n) is 17.7. The molecule has 2 aromatic rings. The van der Waals surface area contributed by atoms with E-state index in [4.69, 9.17) is 0 Å². The molecule has 162 valence electrons. The largest absolute Gasteiger partial charge is 0.347 e. The van der Waals surface area contributed by atoms with Crippen molar-refractivity contribution in [2.75, 3.05) is 6.54 Å². The first-order chi connectivity index (χ1) is 15.1. The molecule has 3 aliphatic rings. The molecule has 2 aromatic carbocycles. The number of piperazine rings is 1. The van der Waals surface area contributed by atoms with Gasteiger partial charge in [-0.1, -0.05) is 62.4 Å². The van der Waals surface area contributed by atoms with Crippen LogP contribution in [-0.4, -0.2) is 47.3 Å². The summed E-state index contributed by atoms with van der Waals surface area (Å²) in [5.74, 6) is 0.285. The molecule has 2 saturated heterocycles. The zero-order valence-corrected chi connectivity index (χ0v) is 17.7. The Morgan fingerprint density at radius 1 is 1.03 bits per heavy atom. The van der Waals surface area contributed by atoms with Gasteiger partial charge in [0.25, 0.3) is 5.91 Å². The van der Waals surface area contributed by atoms with Crippen LogP contribution < -0.4 is 10.6 Å². The van der Waals surface area contributed by atoms with Crippen molar-refractivity contribution in [1.29, 1.82) is 0 Å². The molecule has 0 spiro atoms. The Morgan fingerprint density at radius 3 is 2.61 bits per heavy atom. The summed E-state index contributed by atoms with van der Waals surface area (Å²) in [6.07, 6.45) is 7.20. The fourth-order valence-corrected chi connectivity index (χ4v) is 5.48. The average Bonchev–Trinajstić information content (AvgIpc) is 3.22. The van der Waals surface area contributed by atoms with Gasteiger partial charge in [-0.3, -0.25) is 14.4 Å². The molecule has 31 heavy (non-hydrogen) atoms. The first kappa shape index (κ1) is 20.0. The third-order valence-corrected chi connectivity index (χ3v) is 7.14. The molecule has 3 fully saturated rings. The SMILES string of the molecule is O=C(N[C@H]1C[C@H]2C(=O)N[C@@H](CC3CCCCC3)C(=O)N2C1)c1ccc2ccccc2c1. The maximum Gasteiger partial charge on any atom is 0.251 e. The van der Waals surface area contributed by atoms with Crippen molar-refractivity contribution < 1.29 is 14.4 Å². The Labute approximate surface area is 182 Å². The molecule has 0 unspecified atom stereocenters. The summed E-state index contributed by atoms with van der Waals surface area (Å²) in [4.78, 5) is 40.3. The highest BCUT2D eigenvalue weighted by Crippen LogP contribution is 2.30. The standard InChI is InChI=1S/C25H29N3O3/c29-23(19-11-10-17-8-4-5-9-18(17)13-19)26-20-14-22-24(30)27-21(25(31)28(22)15-20)12-16-6-2-1-3-7-16/h4-5,8-11,13,16,20-22H,1-3,6-7,12,14-15H2,(H,26,29)(H,27,30)/t20-,21-,22-/m0/s1. The van der Waals surface area contributed by atoms with Crippen molar-refractivity contribution in [1.82, 2.24) is 15.5 Å². The van der Waals surface area contributed by atoms with Crippen LogP contribution in [0.15, 0.2) is 42.5 Å². The fraction of sp³-hybridized carbons (Fsp3) is 0.480. The van der Waals surface area contributed by atoms with Crippen molar-refractivity contribution in [2.45, 2.75) is 63.1 Å². The summed E-state index contributed by atoms with van der Waals surface area (Å²) in [6.45, 7) is 0.400. The van der Waals surface area contributed by atoms with Crippen LogP contribution in [0, 0.1) is 5.92 Å². The van der Waals surface area contributed by atoms with Crippen LogP contribution in [0.25, 0.3) is 10.8 Å². The second-order valence-corrected chi connectivity index (χ2v) is 9.28. The maximum atomic E-state index is 13.1. The average molecular weight is 420 g/mol. The van der Waals surface area contributed by atoms with E-state index in [1.54, 1.807) is 4.90 Å². The van der Waals surface area contributed by atoms with Crippen LogP contribution in [0.1, 0.15) is 55.3 Å². The normalized spacial score (nSPS) is 26.6. The zero-order chi connectivity index (χ0) is 21.4. The Morgan fingerprint density at radius 2 is 1.81 bits per heavy atom.